The number of aromatic hydroxyl groups is 1. The van der Waals surface area contributed by atoms with E-state index in [1.807, 2.05) is 0 Å². The van der Waals surface area contributed by atoms with Gasteiger partial charge in [0.25, 0.3) is 0 Å². The van der Waals surface area contributed by atoms with Crippen LogP contribution in [0.3, 0.4) is 0 Å². The first-order valence-electron chi connectivity index (χ1n) is 4.31. The number of halogens is 2. The van der Waals surface area contributed by atoms with E-state index in [4.69, 9.17) is 5.11 Å². The second-order valence-corrected chi connectivity index (χ2v) is 4.03. The van der Waals surface area contributed by atoms with E-state index in [1.54, 1.807) is 0 Å². The van der Waals surface area contributed by atoms with Gasteiger partial charge in [-0.05, 0) is 12.1 Å². The molecule has 0 fully saturated rings. The van der Waals surface area contributed by atoms with Gasteiger partial charge >= 0.3 is 0 Å². The number of phenols is 1. The lowest BCUT2D eigenvalue weighted by Gasteiger charge is -1.97. The van der Waals surface area contributed by atoms with E-state index < -0.39 is 17.4 Å². The molecule has 0 amide bonds. The normalized spacial score (nSPS) is 9.44. The Hall–Kier alpha value is -1.54. The lowest BCUT2D eigenvalue weighted by atomic mass is 10.2. The number of phenolic OH excluding ortho intramolecular Hbond substituents is 1. The molecular weight excluding hydrogens is 234 g/mol. The minimum absolute atomic E-state index is 0.0672. The Labute approximate surface area is 95.7 Å². The number of benzene rings is 1. The second-order valence-electron chi connectivity index (χ2n) is 2.87. The third-order valence-electron chi connectivity index (χ3n) is 1.59. The van der Waals surface area contributed by atoms with Crippen molar-refractivity contribution in [2.75, 3.05) is 5.75 Å². The molecule has 1 aromatic carbocycles. The van der Waals surface area contributed by atoms with Gasteiger partial charge in [-0.15, -0.1) is 0 Å². The van der Waals surface area contributed by atoms with Crippen molar-refractivity contribution in [1.29, 1.82) is 0 Å². The first-order chi connectivity index (χ1) is 7.50. The van der Waals surface area contributed by atoms with Gasteiger partial charge < -0.3 is 5.11 Å². The second kappa shape index (κ2) is 5.52. The molecule has 0 aliphatic carbocycles. The fraction of sp³-hybridized carbons (Fsp3) is 0.182. The molecule has 1 N–H and O–H groups in total. The molecule has 0 aromatic heterocycles. The van der Waals surface area contributed by atoms with E-state index in [-0.39, 0.29) is 16.4 Å². The number of thioether (sulfide) groups is 1. The summed E-state index contributed by atoms with van der Waals surface area (Å²) in [4.78, 5) is 10.6. The van der Waals surface area contributed by atoms with E-state index in [0.29, 0.717) is 0 Å². The van der Waals surface area contributed by atoms with Gasteiger partial charge in [0.1, 0.15) is 0 Å². The molecule has 0 bridgehead atoms. The van der Waals surface area contributed by atoms with E-state index in [9.17, 15) is 13.6 Å². The minimum atomic E-state index is -1.29. The van der Waals surface area contributed by atoms with Crippen molar-refractivity contribution in [1.82, 2.24) is 0 Å². The molecule has 84 valence electrons. The number of rotatable bonds is 1. The van der Waals surface area contributed by atoms with Gasteiger partial charge in [-0.3, -0.25) is 4.79 Å². The molecule has 0 aliphatic heterocycles. The smallest absolute Gasteiger partial charge is 0.200 e. The van der Waals surface area contributed by atoms with E-state index in [2.05, 4.69) is 11.8 Å². The van der Waals surface area contributed by atoms with E-state index in [0.717, 1.165) is 23.9 Å². The van der Waals surface area contributed by atoms with Crippen LogP contribution in [0.2, 0.25) is 0 Å². The summed E-state index contributed by atoms with van der Waals surface area (Å²) in [7, 11) is 0. The monoisotopic (exact) mass is 242 g/mol. The maximum atomic E-state index is 12.8. The van der Waals surface area contributed by atoms with Crippen molar-refractivity contribution in [3.63, 3.8) is 0 Å². The van der Waals surface area contributed by atoms with Crippen LogP contribution in [0.5, 0.6) is 5.75 Å². The standard InChI is InChI=1S/C11H8F2O2S/c1-7(14)16-4-2-3-8-5-9(12)11(13)10(15)6-8/h5-6,15H,4H2,1H3. The summed E-state index contributed by atoms with van der Waals surface area (Å²) in [6.07, 6.45) is 0. The largest absolute Gasteiger partial charge is 0.505 e. The Kier molecular flexibility index (Phi) is 4.32. The Morgan fingerprint density at radius 1 is 1.50 bits per heavy atom. The molecule has 0 saturated carbocycles. The Bertz CT molecular complexity index is 452. The molecule has 0 spiro atoms. The highest BCUT2D eigenvalue weighted by atomic mass is 32.2. The lowest BCUT2D eigenvalue weighted by molar-refractivity contribution is -0.109. The van der Waals surface area contributed by atoms with E-state index in [1.165, 1.54) is 6.92 Å². The van der Waals surface area contributed by atoms with Gasteiger partial charge in [0, 0.05) is 12.5 Å². The molecule has 1 rings (SSSR count). The molecule has 1 aromatic rings. The number of hydrogen-bond acceptors (Lipinski definition) is 3. The number of carbonyl (C=O) groups is 1. The zero-order chi connectivity index (χ0) is 12.1. The van der Waals surface area contributed by atoms with Crippen LogP contribution < -0.4 is 0 Å². The molecule has 0 radical (unpaired) electrons. The quantitative estimate of drug-likeness (QED) is 0.768. The fourth-order valence-electron chi connectivity index (χ4n) is 0.923. The molecule has 0 atom stereocenters. The van der Waals surface area contributed by atoms with Crippen LogP contribution in [0.4, 0.5) is 8.78 Å². The van der Waals surface area contributed by atoms with Gasteiger partial charge in [-0.1, -0.05) is 23.6 Å². The summed E-state index contributed by atoms with van der Waals surface area (Å²) >= 11 is 1.02. The van der Waals surface area contributed by atoms with Gasteiger partial charge in [-0.25, -0.2) is 4.39 Å². The summed E-state index contributed by atoms with van der Waals surface area (Å²) in [6.45, 7) is 1.41. The third kappa shape index (κ3) is 3.55. The van der Waals surface area contributed by atoms with Crippen molar-refractivity contribution in [3.8, 4) is 17.6 Å². The van der Waals surface area contributed by atoms with Crippen LogP contribution in [0.25, 0.3) is 0 Å². The Balaban J connectivity index is 2.78. The van der Waals surface area contributed by atoms with Gasteiger partial charge in [0.2, 0.25) is 0 Å². The molecule has 2 nitrogen and oxygen atoms in total. The number of carbonyl (C=O) groups excluding carboxylic acids is 1. The maximum absolute atomic E-state index is 12.8. The third-order valence-corrected chi connectivity index (χ3v) is 2.28. The van der Waals surface area contributed by atoms with E-state index >= 15 is 0 Å². The molecule has 0 saturated heterocycles. The van der Waals surface area contributed by atoms with Crippen LogP contribution in [-0.4, -0.2) is 16.0 Å². The van der Waals surface area contributed by atoms with Gasteiger partial charge in [-0.2, -0.15) is 4.39 Å². The van der Waals surface area contributed by atoms with Crippen molar-refractivity contribution >= 4 is 16.9 Å². The predicted octanol–water partition coefficient (Wildman–Crippen LogP) is 2.30. The van der Waals surface area contributed by atoms with Crippen LogP contribution in [0.1, 0.15) is 12.5 Å². The molecule has 0 heterocycles. The molecule has 0 unspecified atom stereocenters. The topological polar surface area (TPSA) is 37.3 Å². The highest BCUT2D eigenvalue weighted by Crippen LogP contribution is 2.19. The first-order valence-corrected chi connectivity index (χ1v) is 5.29. The van der Waals surface area contributed by atoms with Crippen LogP contribution in [-0.2, 0) is 4.79 Å². The Morgan fingerprint density at radius 2 is 2.19 bits per heavy atom. The molecule has 5 heteroatoms. The highest BCUT2D eigenvalue weighted by molar-refractivity contribution is 8.13. The predicted molar refractivity (Wildman–Crippen MR) is 58.0 cm³/mol. The van der Waals surface area contributed by atoms with Gasteiger partial charge in [0.05, 0.1) is 5.75 Å². The minimum Gasteiger partial charge on any atom is -0.505 e. The SMILES string of the molecule is CC(=O)SCC#Cc1cc(O)c(F)c(F)c1. The summed E-state index contributed by atoms with van der Waals surface area (Å²) in [5.41, 5.74) is 0.167. The van der Waals surface area contributed by atoms with Crippen molar-refractivity contribution in [2.24, 2.45) is 0 Å². The molecular formula is C11H8F2O2S. The summed E-state index contributed by atoms with van der Waals surface area (Å²) in [6, 6.07) is 1.92. The fourth-order valence-corrected chi connectivity index (χ4v) is 1.27. The summed E-state index contributed by atoms with van der Waals surface area (Å²) in [5, 5.41) is 8.92. The zero-order valence-corrected chi connectivity index (χ0v) is 9.20. The molecule has 0 aliphatic rings. The first kappa shape index (κ1) is 12.5. The lowest BCUT2D eigenvalue weighted by Crippen LogP contribution is -1.87. The average Bonchev–Trinajstić information content (AvgIpc) is 2.20. The van der Waals surface area contributed by atoms with Crippen LogP contribution >= 0.6 is 11.8 Å². The highest BCUT2D eigenvalue weighted by Gasteiger charge is 2.08. The molecule has 16 heavy (non-hydrogen) atoms. The van der Waals surface area contributed by atoms with Crippen molar-refractivity contribution < 1.29 is 18.7 Å². The van der Waals surface area contributed by atoms with Crippen molar-refractivity contribution in [3.05, 3.63) is 29.3 Å². The van der Waals surface area contributed by atoms with Crippen LogP contribution in [0.15, 0.2) is 12.1 Å². The number of hydrogen-bond donors (Lipinski definition) is 1. The average molecular weight is 242 g/mol. The van der Waals surface area contributed by atoms with Crippen LogP contribution in [0, 0.1) is 23.5 Å². The van der Waals surface area contributed by atoms with Gasteiger partial charge in [0.15, 0.2) is 22.5 Å². The maximum Gasteiger partial charge on any atom is 0.200 e. The Morgan fingerprint density at radius 3 is 2.75 bits per heavy atom. The zero-order valence-electron chi connectivity index (χ0n) is 8.38. The summed E-state index contributed by atoms with van der Waals surface area (Å²) < 4.78 is 25.5. The van der Waals surface area contributed by atoms with Crippen molar-refractivity contribution in [2.45, 2.75) is 6.92 Å². The summed E-state index contributed by atoms with van der Waals surface area (Å²) in [5.74, 6) is 2.18.